The summed E-state index contributed by atoms with van der Waals surface area (Å²) >= 11 is 11.8. The molecule has 0 saturated heterocycles. The first-order valence-corrected chi connectivity index (χ1v) is 6.52. The van der Waals surface area contributed by atoms with Gasteiger partial charge in [0.25, 0.3) is 0 Å². The fourth-order valence-corrected chi connectivity index (χ4v) is 2.30. The summed E-state index contributed by atoms with van der Waals surface area (Å²) < 4.78 is 1.41. The van der Waals surface area contributed by atoms with Gasteiger partial charge in [-0.25, -0.2) is 4.68 Å². The predicted molar refractivity (Wildman–Crippen MR) is 78.3 cm³/mol. The van der Waals surface area contributed by atoms with Crippen LogP contribution < -0.4 is 5.73 Å². The molecule has 0 saturated carbocycles. The van der Waals surface area contributed by atoms with Crippen molar-refractivity contribution in [3.63, 3.8) is 0 Å². The summed E-state index contributed by atoms with van der Waals surface area (Å²) in [6.07, 6.45) is 0. The lowest BCUT2D eigenvalue weighted by atomic mass is 10.1. The number of nitro groups is 1. The Bertz CT molecular complexity index is 684. The van der Waals surface area contributed by atoms with E-state index in [1.165, 1.54) is 4.68 Å². The van der Waals surface area contributed by atoms with E-state index in [4.69, 9.17) is 28.9 Å². The first-order chi connectivity index (χ1) is 9.32. The maximum absolute atomic E-state index is 10.9. The molecule has 0 aliphatic carbocycles. The van der Waals surface area contributed by atoms with Gasteiger partial charge in [0, 0.05) is 0 Å². The number of hydrogen-bond acceptors (Lipinski definition) is 4. The lowest BCUT2D eigenvalue weighted by molar-refractivity contribution is -0.384. The van der Waals surface area contributed by atoms with Crippen molar-refractivity contribution < 1.29 is 4.92 Å². The molecule has 0 radical (unpaired) electrons. The Labute approximate surface area is 125 Å². The Morgan fingerprint density at radius 3 is 2.55 bits per heavy atom. The van der Waals surface area contributed by atoms with E-state index >= 15 is 0 Å². The van der Waals surface area contributed by atoms with Crippen LogP contribution in [-0.2, 0) is 0 Å². The summed E-state index contributed by atoms with van der Waals surface area (Å²) in [5.41, 5.74) is 6.73. The molecule has 2 rings (SSSR count). The third-order valence-corrected chi connectivity index (χ3v) is 3.80. The fourth-order valence-electron chi connectivity index (χ4n) is 1.99. The largest absolute Gasteiger partial charge is 0.378 e. The summed E-state index contributed by atoms with van der Waals surface area (Å²) in [6.45, 7) is 3.37. The Kier molecular flexibility index (Phi) is 3.87. The first kappa shape index (κ1) is 14.6. The zero-order chi connectivity index (χ0) is 15.0. The first-order valence-electron chi connectivity index (χ1n) is 5.76. The molecule has 1 heterocycles. The summed E-state index contributed by atoms with van der Waals surface area (Å²) in [5, 5.41) is 15.9. The van der Waals surface area contributed by atoms with Crippen LogP contribution in [0.1, 0.15) is 24.2 Å². The highest BCUT2D eigenvalue weighted by molar-refractivity contribution is 6.42. The van der Waals surface area contributed by atoms with Crippen LogP contribution in [0, 0.1) is 17.0 Å². The van der Waals surface area contributed by atoms with Crippen molar-refractivity contribution in [2.45, 2.75) is 19.9 Å². The second kappa shape index (κ2) is 5.30. The second-order valence-electron chi connectivity index (χ2n) is 4.37. The average Bonchev–Trinajstić information content (AvgIpc) is 2.67. The van der Waals surface area contributed by atoms with Gasteiger partial charge in [-0.2, -0.15) is 5.10 Å². The summed E-state index contributed by atoms with van der Waals surface area (Å²) in [6, 6.07) is 4.84. The number of nitrogen functional groups attached to an aromatic ring is 1. The minimum absolute atomic E-state index is 0.0195. The fraction of sp³-hybridized carbons (Fsp3) is 0.250. The number of halogens is 2. The van der Waals surface area contributed by atoms with Crippen LogP contribution in [-0.4, -0.2) is 14.7 Å². The molecule has 0 bridgehead atoms. The molecule has 0 aliphatic rings. The van der Waals surface area contributed by atoms with Gasteiger partial charge in [-0.3, -0.25) is 10.1 Å². The van der Waals surface area contributed by atoms with Gasteiger partial charge >= 0.3 is 5.69 Å². The maximum atomic E-state index is 10.9. The molecule has 6 nitrogen and oxygen atoms in total. The van der Waals surface area contributed by atoms with Gasteiger partial charge in [0.05, 0.1) is 21.0 Å². The van der Waals surface area contributed by atoms with Crippen LogP contribution in [0.25, 0.3) is 0 Å². The van der Waals surface area contributed by atoms with E-state index in [-0.39, 0.29) is 23.2 Å². The number of anilines is 1. The van der Waals surface area contributed by atoms with Crippen molar-refractivity contribution in [3.8, 4) is 0 Å². The lowest BCUT2D eigenvalue weighted by Crippen LogP contribution is -2.12. The monoisotopic (exact) mass is 314 g/mol. The number of nitrogens with two attached hydrogens (primary N) is 1. The van der Waals surface area contributed by atoms with Crippen molar-refractivity contribution >= 4 is 34.7 Å². The standard InChI is InChI=1S/C12H12Cl2N4O2/c1-6-11(18(19)20)12(15)17(16-6)7(2)8-3-4-9(13)10(14)5-8/h3-5,7H,15H2,1-2H3. The normalized spacial score (nSPS) is 12.4. The zero-order valence-corrected chi connectivity index (χ0v) is 12.3. The molecule has 2 aromatic rings. The molecule has 20 heavy (non-hydrogen) atoms. The van der Waals surface area contributed by atoms with E-state index in [1.807, 2.05) is 6.92 Å². The van der Waals surface area contributed by atoms with Gasteiger partial charge in [0.2, 0.25) is 5.82 Å². The summed E-state index contributed by atoms with van der Waals surface area (Å²) in [4.78, 5) is 10.4. The number of nitrogens with zero attached hydrogens (tertiary/aromatic N) is 3. The third kappa shape index (κ3) is 2.44. The van der Waals surface area contributed by atoms with Crippen LogP contribution in [0.4, 0.5) is 11.5 Å². The van der Waals surface area contributed by atoms with Gasteiger partial charge in [-0.05, 0) is 31.5 Å². The Morgan fingerprint density at radius 1 is 1.40 bits per heavy atom. The molecule has 1 aromatic carbocycles. The molecule has 0 fully saturated rings. The predicted octanol–water partition coefficient (Wildman–Crippen LogP) is 3.60. The maximum Gasteiger partial charge on any atom is 0.333 e. The van der Waals surface area contributed by atoms with E-state index in [0.29, 0.717) is 10.0 Å². The molecule has 1 unspecified atom stereocenters. The molecule has 0 aliphatic heterocycles. The van der Waals surface area contributed by atoms with Crippen LogP contribution in [0.3, 0.4) is 0 Å². The third-order valence-electron chi connectivity index (χ3n) is 3.07. The molecule has 1 aromatic heterocycles. The van der Waals surface area contributed by atoms with Gasteiger partial charge in [-0.1, -0.05) is 29.3 Å². The quantitative estimate of drug-likeness (QED) is 0.692. The van der Waals surface area contributed by atoms with Crippen LogP contribution in [0.15, 0.2) is 18.2 Å². The van der Waals surface area contributed by atoms with Crippen LogP contribution in [0.5, 0.6) is 0 Å². The van der Waals surface area contributed by atoms with Crippen LogP contribution in [0.2, 0.25) is 10.0 Å². The van der Waals surface area contributed by atoms with Crippen molar-refractivity contribution in [1.29, 1.82) is 0 Å². The van der Waals surface area contributed by atoms with Crippen molar-refractivity contribution in [2.75, 3.05) is 5.73 Å². The van der Waals surface area contributed by atoms with E-state index in [0.717, 1.165) is 5.56 Å². The minimum atomic E-state index is -0.532. The highest BCUT2D eigenvalue weighted by atomic mass is 35.5. The van der Waals surface area contributed by atoms with Crippen molar-refractivity contribution in [2.24, 2.45) is 0 Å². The van der Waals surface area contributed by atoms with Gasteiger partial charge in [0.1, 0.15) is 5.69 Å². The number of benzene rings is 1. The highest BCUT2D eigenvalue weighted by Crippen LogP contribution is 2.32. The SMILES string of the molecule is Cc1nn(C(C)c2ccc(Cl)c(Cl)c2)c(N)c1[N+](=O)[O-]. The molecule has 2 N–H and O–H groups in total. The topological polar surface area (TPSA) is 87.0 Å². The Hall–Kier alpha value is -1.79. The van der Waals surface area contributed by atoms with E-state index in [2.05, 4.69) is 5.10 Å². The van der Waals surface area contributed by atoms with Crippen molar-refractivity contribution in [3.05, 3.63) is 49.6 Å². The van der Waals surface area contributed by atoms with E-state index in [9.17, 15) is 10.1 Å². The molecular weight excluding hydrogens is 303 g/mol. The molecule has 106 valence electrons. The number of rotatable bonds is 3. The molecule has 1 atom stereocenters. The Balaban J connectivity index is 2.48. The van der Waals surface area contributed by atoms with Gasteiger partial charge in [0.15, 0.2) is 0 Å². The number of hydrogen-bond donors (Lipinski definition) is 1. The summed E-state index contributed by atoms with van der Waals surface area (Å²) in [7, 11) is 0. The van der Waals surface area contributed by atoms with Crippen LogP contribution >= 0.6 is 23.2 Å². The molecule has 0 spiro atoms. The van der Waals surface area contributed by atoms with E-state index in [1.54, 1.807) is 25.1 Å². The van der Waals surface area contributed by atoms with Gasteiger partial charge < -0.3 is 5.73 Å². The minimum Gasteiger partial charge on any atom is -0.378 e. The highest BCUT2D eigenvalue weighted by Gasteiger charge is 2.25. The van der Waals surface area contributed by atoms with Gasteiger partial charge in [-0.15, -0.1) is 0 Å². The average molecular weight is 315 g/mol. The smallest absolute Gasteiger partial charge is 0.333 e. The van der Waals surface area contributed by atoms with E-state index < -0.39 is 4.92 Å². The summed E-state index contributed by atoms with van der Waals surface area (Å²) in [5.74, 6) is 0.0195. The Morgan fingerprint density at radius 2 is 2.05 bits per heavy atom. The lowest BCUT2D eigenvalue weighted by Gasteiger charge is -2.14. The number of aromatic nitrogens is 2. The second-order valence-corrected chi connectivity index (χ2v) is 5.18. The zero-order valence-electron chi connectivity index (χ0n) is 10.8. The van der Waals surface area contributed by atoms with Crippen molar-refractivity contribution in [1.82, 2.24) is 9.78 Å². The molecular formula is C12H12Cl2N4O2. The molecule has 8 heteroatoms. The number of aryl methyl sites for hydroxylation is 1. The molecule has 0 amide bonds.